The van der Waals surface area contributed by atoms with Gasteiger partial charge < -0.3 is 4.74 Å². The van der Waals surface area contributed by atoms with Gasteiger partial charge in [-0.1, -0.05) is 23.2 Å². The van der Waals surface area contributed by atoms with Crippen LogP contribution in [0.1, 0.15) is 5.56 Å². The number of alkyl halides is 1. The van der Waals surface area contributed by atoms with Crippen LogP contribution in [0, 0.1) is 6.92 Å². The zero-order chi connectivity index (χ0) is 9.14. The van der Waals surface area contributed by atoms with Gasteiger partial charge >= 0.3 is 0 Å². The molecular weight excluding hydrogens is 202 g/mol. The molecule has 0 saturated heterocycles. The van der Waals surface area contributed by atoms with Crippen LogP contribution in [0.2, 0.25) is 10.0 Å². The van der Waals surface area contributed by atoms with Gasteiger partial charge in [0.2, 0.25) is 6.86 Å². The van der Waals surface area contributed by atoms with E-state index >= 15 is 0 Å². The van der Waals surface area contributed by atoms with Crippen molar-refractivity contribution in [3.8, 4) is 5.75 Å². The molecule has 0 fully saturated rings. The molecule has 0 N–H and O–H groups in total. The molecule has 12 heavy (non-hydrogen) atoms. The Bertz CT molecular complexity index is 289. The third kappa shape index (κ3) is 1.82. The highest BCUT2D eigenvalue weighted by Crippen LogP contribution is 2.32. The average Bonchev–Trinajstić information content (AvgIpc) is 2.07. The highest BCUT2D eigenvalue weighted by molar-refractivity contribution is 6.36. The van der Waals surface area contributed by atoms with Gasteiger partial charge in [0.1, 0.15) is 5.75 Å². The van der Waals surface area contributed by atoms with E-state index in [1.165, 1.54) is 6.07 Å². The van der Waals surface area contributed by atoms with E-state index in [-0.39, 0.29) is 0 Å². The topological polar surface area (TPSA) is 9.23 Å². The Hall–Kier alpha value is -0.470. The minimum absolute atomic E-state index is 0.320. The first-order valence-corrected chi connectivity index (χ1v) is 4.05. The predicted molar refractivity (Wildman–Crippen MR) is 47.8 cm³/mol. The summed E-state index contributed by atoms with van der Waals surface area (Å²) in [5.41, 5.74) is 0.698. The summed E-state index contributed by atoms with van der Waals surface area (Å²) in [5.74, 6) is 0.320. The monoisotopic (exact) mass is 208 g/mol. The third-order valence-corrected chi connectivity index (χ3v) is 2.37. The Labute approximate surface area is 80.0 Å². The Balaban J connectivity index is 3.08. The normalized spacial score (nSPS) is 10.0. The minimum atomic E-state index is -0.888. The molecule has 1 rings (SSSR count). The van der Waals surface area contributed by atoms with Crippen molar-refractivity contribution in [3.05, 3.63) is 27.7 Å². The second-order valence-corrected chi connectivity index (χ2v) is 3.02. The number of halogens is 3. The fraction of sp³-hybridized carbons (Fsp3) is 0.250. The standard InChI is InChI=1S/C8H7Cl2FO/c1-5-6(9)2-3-7(8(5)10)12-4-11/h2-3H,4H2,1H3. The summed E-state index contributed by atoms with van der Waals surface area (Å²) in [4.78, 5) is 0. The van der Waals surface area contributed by atoms with Gasteiger partial charge in [-0.2, -0.15) is 0 Å². The van der Waals surface area contributed by atoms with E-state index < -0.39 is 6.86 Å². The number of hydrogen-bond donors (Lipinski definition) is 0. The summed E-state index contributed by atoms with van der Waals surface area (Å²) < 4.78 is 16.4. The molecule has 0 atom stereocenters. The molecule has 0 aromatic heterocycles. The first-order valence-electron chi connectivity index (χ1n) is 3.30. The van der Waals surface area contributed by atoms with Crippen LogP contribution in [-0.2, 0) is 0 Å². The number of ether oxygens (including phenoxy) is 1. The van der Waals surface area contributed by atoms with E-state index in [0.717, 1.165) is 0 Å². The zero-order valence-electron chi connectivity index (χ0n) is 6.40. The lowest BCUT2D eigenvalue weighted by Crippen LogP contribution is -1.92. The molecule has 0 aliphatic heterocycles. The molecule has 0 amide bonds. The number of rotatable bonds is 2. The summed E-state index contributed by atoms with van der Waals surface area (Å²) >= 11 is 11.6. The molecule has 0 bridgehead atoms. The van der Waals surface area contributed by atoms with Crippen LogP contribution in [-0.4, -0.2) is 6.86 Å². The van der Waals surface area contributed by atoms with Gasteiger partial charge in [0.25, 0.3) is 0 Å². The van der Waals surface area contributed by atoms with Gasteiger partial charge in [-0.25, -0.2) is 4.39 Å². The van der Waals surface area contributed by atoms with E-state index in [1.54, 1.807) is 13.0 Å². The van der Waals surface area contributed by atoms with Crippen molar-refractivity contribution in [2.24, 2.45) is 0 Å². The Morgan fingerprint density at radius 1 is 1.42 bits per heavy atom. The van der Waals surface area contributed by atoms with Crippen LogP contribution < -0.4 is 4.74 Å². The number of benzene rings is 1. The highest BCUT2D eigenvalue weighted by atomic mass is 35.5. The van der Waals surface area contributed by atoms with Crippen LogP contribution in [0.15, 0.2) is 12.1 Å². The van der Waals surface area contributed by atoms with Crippen LogP contribution in [0.4, 0.5) is 4.39 Å². The average molecular weight is 209 g/mol. The summed E-state index contributed by atoms with van der Waals surface area (Å²) in [6, 6.07) is 3.16. The second-order valence-electron chi connectivity index (χ2n) is 2.24. The SMILES string of the molecule is Cc1c(Cl)ccc(OCF)c1Cl. The van der Waals surface area contributed by atoms with Crippen LogP contribution in [0.5, 0.6) is 5.75 Å². The molecular formula is C8H7Cl2FO. The zero-order valence-corrected chi connectivity index (χ0v) is 7.92. The van der Waals surface area contributed by atoms with Crippen molar-refractivity contribution >= 4 is 23.2 Å². The minimum Gasteiger partial charge on any atom is -0.461 e. The molecule has 1 aromatic carbocycles. The first kappa shape index (κ1) is 9.62. The second kappa shape index (κ2) is 3.97. The van der Waals surface area contributed by atoms with E-state index in [1.807, 2.05) is 0 Å². The lowest BCUT2D eigenvalue weighted by molar-refractivity contribution is 0.192. The molecule has 1 aromatic rings. The van der Waals surface area contributed by atoms with Crippen molar-refractivity contribution in [1.82, 2.24) is 0 Å². The van der Waals surface area contributed by atoms with Gasteiger partial charge in [-0.3, -0.25) is 0 Å². The predicted octanol–water partition coefficient (Wildman–Crippen LogP) is 3.61. The third-order valence-electron chi connectivity index (χ3n) is 1.49. The largest absolute Gasteiger partial charge is 0.461 e. The molecule has 1 nitrogen and oxygen atoms in total. The maximum atomic E-state index is 11.8. The van der Waals surface area contributed by atoms with E-state index in [0.29, 0.717) is 21.4 Å². The molecule has 4 heteroatoms. The summed E-state index contributed by atoms with van der Waals surface area (Å²) in [7, 11) is 0. The fourth-order valence-electron chi connectivity index (χ4n) is 0.807. The highest BCUT2D eigenvalue weighted by Gasteiger charge is 2.06. The van der Waals surface area contributed by atoms with Crippen molar-refractivity contribution < 1.29 is 9.13 Å². The van der Waals surface area contributed by atoms with Crippen molar-refractivity contribution in [1.29, 1.82) is 0 Å². The molecule has 0 spiro atoms. The van der Waals surface area contributed by atoms with E-state index in [2.05, 4.69) is 4.74 Å². The summed E-state index contributed by atoms with van der Waals surface area (Å²) in [6.07, 6.45) is 0. The van der Waals surface area contributed by atoms with Gasteiger partial charge in [-0.05, 0) is 24.6 Å². The van der Waals surface area contributed by atoms with Gasteiger partial charge in [0, 0.05) is 5.02 Å². The maximum Gasteiger partial charge on any atom is 0.228 e. The van der Waals surface area contributed by atoms with Gasteiger partial charge in [-0.15, -0.1) is 0 Å². The lowest BCUT2D eigenvalue weighted by atomic mass is 10.2. The van der Waals surface area contributed by atoms with Crippen LogP contribution in [0.3, 0.4) is 0 Å². The molecule has 66 valence electrons. The quantitative estimate of drug-likeness (QED) is 0.722. The summed E-state index contributed by atoms with van der Waals surface area (Å²) in [6.45, 7) is 0.858. The molecule has 0 aliphatic carbocycles. The van der Waals surface area contributed by atoms with Crippen molar-refractivity contribution in [2.75, 3.05) is 6.86 Å². The Kier molecular flexibility index (Phi) is 3.18. The molecule has 0 unspecified atom stereocenters. The van der Waals surface area contributed by atoms with Crippen molar-refractivity contribution in [2.45, 2.75) is 6.92 Å². The fourth-order valence-corrected chi connectivity index (χ4v) is 1.23. The molecule has 0 aliphatic rings. The Morgan fingerprint density at radius 3 is 2.67 bits per heavy atom. The molecule has 0 radical (unpaired) electrons. The Morgan fingerprint density at radius 2 is 2.08 bits per heavy atom. The maximum absolute atomic E-state index is 11.8. The number of hydrogen-bond acceptors (Lipinski definition) is 1. The van der Waals surface area contributed by atoms with Gasteiger partial charge in [0.15, 0.2) is 0 Å². The lowest BCUT2D eigenvalue weighted by Gasteiger charge is -2.06. The first-order chi connectivity index (χ1) is 5.66. The van der Waals surface area contributed by atoms with E-state index in [9.17, 15) is 4.39 Å². The smallest absolute Gasteiger partial charge is 0.228 e. The van der Waals surface area contributed by atoms with Gasteiger partial charge in [0.05, 0.1) is 5.02 Å². The van der Waals surface area contributed by atoms with Crippen LogP contribution in [0.25, 0.3) is 0 Å². The molecule has 0 saturated carbocycles. The van der Waals surface area contributed by atoms with E-state index in [4.69, 9.17) is 23.2 Å². The van der Waals surface area contributed by atoms with Crippen LogP contribution >= 0.6 is 23.2 Å². The summed E-state index contributed by atoms with van der Waals surface area (Å²) in [5, 5.41) is 0.909. The molecule has 0 heterocycles. The van der Waals surface area contributed by atoms with Crippen molar-refractivity contribution in [3.63, 3.8) is 0 Å².